The zero-order chi connectivity index (χ0) is 15.5. The monoisotopic (exact) mass is 312 g/mol. The summed E-state index contributed by atoms with van der Waals surface area (Å²) in [6, 6.07) is 6.44. The Morgan fingerprint density at radius 3 is 2.33 bits per heavy atom. The average Bonchev–Trinajstić information content (AvgIpc) is 3.28. The lowest BCUT2D eigenvalue weighted by Crippen LogP contribution is -2.30. The average molecular weight is 312 g/mol. The van der Waals surface area contributed by atoms with Crippen molar-refractivity contribution in [3.8, 4) is 0 Å². The largest absolute Gasteiger partial charge is 0.468 e. The standard InChI is InChI=1S/C14H20N2O4S/c1-15-9-10-16-21(18,19)12-5-3-11(4-6-12)14(7-8-14)13(17)20-2/h3-6,15-16H,7-10H2,1-2H3. The smallest absolute Gasteiger partial charge is 0.316 e. The van der Waals surface area contributed by atoms with E-state index < -0.39 is 15.4 Å². The van der Waals surface area contributed by atoms with Crippen molar-refractivity contribution in [2.24, 2.45) is 0 Å². The topological polar surface area (TPSA) is 84.5 Å². The molecule has 1 saturated carbocycles. The summed E-state index contributed by atoms with van der Waals surface area (Å²) in [6.45, 7) is 0.884. The number of rotatable bonds is 7. The third kappa shape index (κ3) is 3.25. The first-order valence-corrected chi connectivity index (χ1v) is 8.28. The summed E-state index contributed by atoms with van der Waals surface area (Å²) in [6.07, 6.45) is 1.48. The van der Waals surface area contributed by atoms with Crippen LogP contribution in [0.2, 0.25) is 0 Å². The highest BCUT2D eigenvalue weighted by molar-refractivity contribution is 7.89. The first-order chi connectivity index (χ1) is 9.96. The Morgan fingerprint density at radius 2 is 1.86 bits per heavy atom. The molecule has 0 aliphatic heterocycles. The first-order valence-electron chi connectivity index (χ1n) is 6.79. The molecule has 0 atom stereocenters. The van der Waals surface area contributed by atoms with E-state index in [1.165, 1.54) is 19.2 Å². The first kappa shape index (κ1) is 15.9. The molecule has 21 heavy (non-hydrogen) atoms. The number of methoxy groups -OCH3 is 1. The molecule has 0 amide bonds. The summed E-state index contributed by atoms with van der Waals surface area (Å²) in [5, 5.41) is 2.87. The minimum absolute atomic E-state index is 0.197. The molecule has 1 aliphatic rings. The molecule has 1 aromatic rings. The molecule has 0 aromatic heterocycles. The second-order valence-corrected chi connectivity index (χ2v) is 6.87. The van der Waals surface area contributed by atoms with Crippen LogP contribution in [-0.4, -0.2) is 41.6 Å². The SMILES string of the molecule is CNCCNS(=O)(=O)c1ccc(C2(C(=O)OC)CC2)cc1. The molecule has 1 aromatic carbocycles. The molecule has 0 saturated heterocycles. The number of carbonyl (C=O) groups excluding carboxylic acids is 1. The molecule has 1 fully saturated rings. The Morgan fingerprint density at radius 1 is 1.24 bits per heavy atom. The van der Waals surface area contributed by atoms with E-state index in [9.17, 15) is 13.2 Å². The second kappa shape index (κ2) is 6.13. The predicted octanol–water partition coefficient (Wildman–Crippen LogP) is 0.389. The van der Waals surface area contributed by atoms with Gasteiger partial charge in [0, 0.05) is 13.1 Å². The molecular weight excluding hydrogens is 292 g/mol. The van der Waals surface area contributed by atoms with Crippen molar-refractivity contribution in [2.45, 2.75) is 23.2 Å². The van der Waals surface area contributed by atoms with Crippen LogP contribution in [0.15, 0.2) is 29.2 Å². The van der Waals surface area contributed by atoms with Crippen molar-refractivity contribution in [2.75, 3.05) is 27.2 Å². The van der Waals surface area contributed by atoms with Crippen molar-refractivity contribution in [3.05, 3.63) is 29.8 Å². The lowest BCUT2D eigenvalue weighted by molar-refractivity contribution is -0.143. The van der Waals surface area contributed by atoms with E-state index in [-0.39, 0.29) is 10.9 Å². The maximum Gasteiger partial charge on any atom is 0.316 e. The molecule has 116 valence electrons. The highest BCUT2D eigenvalue weighted by atomic mass is 32.2. The molecule has 0 heterocycles. The number of benzene rings is 1. The second-order valence-electron chi connectivity index (χ2n) is 5.10. The van der Waals surface area contributed by atoms with Gasteiger partial charge in [0.25, 0.3) is 0 Å². The van der Waals surface area contributed by atoms with Crippen LogP contribution in [0.25, 0.3) is 0 Å². The van der Waals surface area contributed by atoms with Crippen LogP contribution in [0, 0.1) is 0 Å². The predicted molar refractivity (Wildman–Crippen MR) is 78.5 cm³/mol. The van der Waals surface area contributed by atoms with Gasteiger partial charge in [0.2, 0.25) is 10.0 Å². The summed E-state index contributed by atoms with van der Waals surface area (Å²) in [7, 11) is -0.383. The van der Waals surface area contributed by atoms with Gasteiger partial charge >= 0.3 is 5.97 Å². The van der Waals surface area contributed by atoms with E-state index in [0.29, 0.717) is 13.1 Å². The Bertz CT molecular complexity index is 606. The quantitative estimate of drug-likeness (QED) is 0.562. The number of nitrogens with one attached hydrogen (secondary N) is 2. The molecule has 0 spiro atoms. The van der Waals surface area contributed by atoms with Gasteiger partial charge in [-0.25, -0.2) is 13.1 Å². The molecular formula is C14H20N2O4S. The van der Waals surface area contributed by atoms with Gasteiger partial charge in [-0.3, -0.25) is 4.79 Å². The van der Waals surface area contributed by atoms with Gasteiger partial charge < -0.3 is 10.1 Å². The molecule has 0 bridgehead atoms. The van der Waals surface area contributed by atoms with E-state index >= 15 is 0 Å². The van der Waals surface area contributed by atoms with Crippen molar-refractivity contribution >= 4 is 16.0 Å². The van der Waals surface area contributed by atoms with Crippen LogP contribution >= 0.6 is 0 Å². The lowest BCUT2D eigenvalue weighted by atomic mass is 9.96. The minimum atomic E-state index is -3.51. The Labute approximate surface area is 124 Å². The zero-order valence-electron chi connectivity index (χ0n) is 12.2. The fraction of sp³-hybridized carbons (Fsp3) is 0.500. The minimum Gasteiger partial charge on any atom is -0.468 e. The molecule has 1 aliphatic carbocycles. The Hall–Kier alpha value is -1.44. The molecule has 2 rings (SSSR count). The third-order valence-electron chi connectivity index (χ3n) is 3.71. The highest BCUT2D eigenvalue weighted by Gasteiger charge is 2.52. The molecule has 0 radical (unpaired) electrons. The fourth-order valence-corrected chi connectivity index (χ4v) is 3.31. The summed E-state index contributed by atoms with van der Waals surface area (Å²) < 4.78 is 31.4. The maximum absolute atomic E-state index is 12.0. The number of likely N-dealkylation sites (N-methyl/N-ethyl adjacent to an activating group) is 1. The van der Waals surface area contributed by atoms with Gasteiger partial charge in [0.05, 0.1) is 17.4 Å². The van der Waals surface area contributed by atoms with Crippen molar-refractivity contribution in [1.82, 2.24) is 10.0 Å². The number of carbonyl (C=O) groups is 1. The van der Waals surface area contributed by atoms with Gasteiger partial charge in [-0.15, -0.1) is 0 Å². The summed E-state index contributed by atoms with van der Waals surface area (Å²) in [5.74, 6) is -0.259. The highest BCUT2D eigenvalue weighted by Crippen LogP contribution is 2.49. The van der Waals surface area contributed by atoms with Crippen LogP contribution in [0.4, 0.5) is 0 Å². The summed E-state index contributed by atoms with van der Waals surface area (Å²) in [4.78, 5) is 12.0. The number of ether oxygens (including phenoxy) is 1. The van der Waals surface area contributed by atoms with Gasteiger partial charge in [-0.05, 0) is 37.6 Å². The van der Waals surface area contributed by atoms with Gasteiger partial charge in [0.15, 0.2) is 0 Å². The van der Waals surface area contributed by atoms with Crippen LogP contribution < -0.4 is 10.0 Å². The number of hydrogen-bond donors (Lipinski definition) is 2. The molecule has 0 unspecified atom stereocenters. The number of hydrogen-bond acceptors (Lipinski definition) is 5. The molecule has 6 nitrogen and oxygen atoms in total. The zero-order valence-corrected chi connectivity index (χ0v) is 13.0. The third-order valence-corrected chi connectivity index (χ3v) is 5.19. The normalized spacial score (nSPS) is 16.5. The lowest BCUT2D eigenvalue weighted by Gasteiger charge is -2.13. The Kier molecular flexibility index (Phi) is 4.65. The molecule has 7 heteroatoms. The maximum atomic E-state index is 12.0. The molecule has 2 N–H and O–H groups in total. The number of esters is 1. The van der Waals surface area contributed by atoms with E-state index in [1.807, 2.05) is 0 Å². The van der Waals surface area contributed by atoms with Crippen molar-refractivity contribution in [1.29, 1.82) is 0 Å². The van der Waals surface area contributed by atoms with Gasteiger partial charge in [-0.1, -0.05) is 12.1 Å². The summed E-state index contributed by atoms with van der Waals surface area (Å²) in [5.41, 5.74) is 0.236. The van der Waals surface area contributed by atoms with E-state index in [2.05, 4.69) is 10.0 Å². The van der Waals surface area contributed by atoms with Crippen LogP contribution in [0.5, 0.6) is 0 Å². The van der Waals surface area contributed by atoms with Crippen molar-refractivity contribution in [3.63, 3.8) is 0 Å². The fourth-order valence-electron chi connectivity index (χ4n) is 2.28. The summed E-state index contributed by atoms with van der Waals surface area (Å²) >= 11 is 0. The van der Waals surface area contributed by atoms with Crippen molar-refractivity contribution < 1.29 is 17.9 Å². The van der Waals surface area contributed by atoms with E-state index in [4.69, 9.17) is 4.74 Å². The van der Waals surface area contributed by atoms with Crippen LogP contribution in [-0.2, 0) is 25.0 Å². The van der Waals surface area contributed by atoms with E-state index in [0.717, 1.165) is 18.4 Å². The van der Waals surface area contributed by atoms with Gasteiger partial charge in [-0.2, -0.15) is 0 Å². The van der Waals surface area contributed by atoms with E-state index in [1.54, 1.807) is 19.2 Å². The number of sulfonamides is 1. The Balaban J connectivity index is 2.14. The van der Waals surface area contributed by atoms with Crippen LogP contribution in [0.1, 0.15) is 18.4 Å². The van der Waals surface area contributed by atoms with Gasteiger partial charge in [0.1, 0.15) is 0 Å². The van der Waals surface area contributed by atoms with Crippen LogP contribution in [0.3, 0.4) is 0 Å².